The Morgan fingerprint density at radius 3 is 2.75 bits per heavy atom. The zero-order valence-electron chi connectivity index (χ0n) is 15.5. The lowest BCUT2D eigenvalue weighted by atomic mass is 10.0. The maximum Gasteiger partial charge on any atom is 0.243 e. The van der Waals surface area contributed by atoms with Gasteiger partial charge in [0.05, 0.1) is 4.90 Å². The molecule has 0 saturated carbocycles. The number of aromatic nitrogens is 1. The molecule has 1 aromatic heterocycles. The summed E-state index contributed by atoms with van der Waals surface area (Å²) in [6, 6.07) is 12.7. The van der Waals surface area contributed by atoms with Crippen LogP contribution >= 0.6 is 0 Å². The van der Waals surface area contributed by atoms with Gasteiger partial charge in [0.25, 0.3) is 0 Å². The highest BCUT2D eigenvalue weighted by Crippen LogP contribution is 2.27. The first-order chi connectivity index (χ1) is 13.4. The molecule has 1 amide bonds. The number of carbonyl (C=O) groups excluding carboxylic acids is 1. The van der Waals surface area contributed by atoms with Crippen LogP contribution < -0.4 is 5.32 Å². The molecule has 0 bridgehead atoms. The maximum absolute atomic E-state index is 13.1. The molecule has 1 aliphatic rings. The molecule has 1 unspecified atom stereocenters. The summed E-state index contributed by atoms with van der Waals surface area (Å²) in [5, 5.41) is 2.84. The number of sulfonamides is 1. The van der Waals surface area contributed by atoms with Crippen molar-refractivity contribution >= 4 is 32.7 Å². The van der Waals surface area contributed by atoms with Crippen LogP contribution in [0.5, 0.6) is 0 Å². The highest BCUT2D eigenvalue weighted by molar-refractivity contribution is 7.89. The Morgan fingerprint density at radius 1 is 1.18 bits per heavy atom. The first-order valence-electron chi connectivity index (χ1n) is 9.20. The summed E-state index contributed by atoms with van der Waals surface area (Å²) in [5.74, 6) is 0.213. The molecule has 2 aromatic carbocycles. The number of amides is 1. The number of piperidine rings is 1. The van der Waals surface area contributed by atoms with Gasteiger partial charge in [-0.3, -0.25) is 4.79 Å². The lowest BCUT2D eigenvalue weighted by Crippen LogP contribution is -2.49. The fraction of sp³-hybridized carbons (Fsp3) is 0.300. The Balaban J connectivity index is 1.59. The summed E-state index contributed by atoms with van der Waals surface area (Å²) in [4.78, 5) is 17.4. The van der Waals surface area contributed by atoms with Gasteiger partial charge in [0, 0.05) is 19.2 Å². The minimum absolute atomic E-state index is 0.203. The Kier molecular flexibility index (Phi) is 4.91. The molecule has 7 nitrogen and oxygen atoms in total. The van der Waals surface area contributed by atoms with Crippen molar-refractivity contribution in [1.29, 1.82) is 0 Å². The number of oxazole rings is 1. The van der Waals surface area contributed by atoms with Gasteiger partial charge in [0.1, 0.15) is 11.6 Å². The molecule has 1 fully saturated rings. The highest BCUT2D eigenvalue weighted by atomic mass is 32.2. The average molecular weight is 399 g/mol. The van der Waals surface area contributed by atoms with Crippen LogP contribution in [0.3, 0.4) is 0 Å². The third-order valence-corrected chi connectivity index (χ3v) is 6.79. The fourth-order valence-electron chi connectivity index (χ4n) is 3.53. The third kappa shape index (κ3) is 3.53. The number of aryl methyl sites for hydroxylation is 1. The number of anilines is 1. The predicted octanol–water partition coefficient (Wildman–Crippen LogP) is 3.32. The summed E-state index contributed by atoms with van der Waals surface area (Å²) in [5.41, 5.74) is 1.85. The van der Waals surface area contributed by atoms with Gasteiger partial charge in [-0.15, -0.1) is 0 Å². The molecule has 0 radical (unpaired) electrons. The number of carbonyl (C=O) groups is 1. The van der Waals surface area contributed by atoms with Crippen molar-refractivity contribution in [3.05, 3.63) is 54.4 Å². The molecule has 3 aromatic rings. The molecule has 4 rings (SSSR count). The second-order valence-electron chi connectivity index (χ2n) is 6.85. The van der Waals surface area contributed by atoms with E-state index in [2.05, 4.69) is 10.3 Å². The summed E-state index contributed by atoms with van der Waals surface area (Å²) >= 11 is 0. The van der Waals surface area contributed by atoms with Gasteiger partial charge in [-0.1, -0.05) is 24.6 Å². The molecule has 1 atom stereocenters. The molecular formula is C20H21N3O4S. The second-order valence-corrected chi connectivity index (χ2v) is 8.74. The normalized spacial score (nSPS) is 18.2. The third-order valence-electron chi connectivity index (χ3n) is 4.87. The standard InChI is InChI=1S/C20H21N3O4S/c1-14-21-17-13-15(10-11-19(17)27-14)22-20(24)18-9-5-6-12-23(18)28(25,26)16-7-3-2-4-8-16/h2-4,7-8,10-11,13,18H,5-6,9,12H2,1H3,(H,22,24). The van der Waals surface area contributed by atoms with Crippen LogP contribution in [0, 0.1) is 6.92 Å². The van der Waals surface area contributed by atoms with E-state index in [0.717, 1.165) is 12.8 Å². The monoisotopic (exact) mass is 399 g/mol. The Hall–Kier alpha value is -2.71. The van der Waals surface area contributed by atoms with E-state index < -0.39 is 16.1 Å². The zero-order valence-corrected chi connectivity index (χ0v) is 16.3. The van der Waals surface area contributed by atoms with E-state index in [9.17, 15) is 13.2 Å². The molecule has 0 spiro atoms. The zero-order chi connectivity index (χ0) is 19.7. The minimum Gasteiger partial charge on any atom is -0.441 e. The van der Waals surface area contributed by atoms with Crippen molar-refractivity contribution in [1.82, 2.24) is 9.29 Å². The number of rotatable bonds is 4. The van der Waals surface area contributed by atoms with E-state index in [0.29, 0.717) is 35.6 Å². The van der Waals surface area contributed by atoms with Gasteiger partial charge in [0.15, 0.2) is 11.5 Å². The van der Waals surface area contributed by atoms with Crippen molar-refractivity contribution in [2.24, 2.45) is 0 Å². The SMILES string of the molecule is Cc1nc2cc(NC(=O)C3CCCCN3S(=O)(=O)c3ccccc3)ccc2o1. The van der Waals surface area contributed by atoms with Gasteiger partial charge in [-0.25, -0.2) is 13.4 Å². The number of nitrogens with one attached hydrogen (secondary N) is 1. The van der Waals surface area contributed by atoms with Crippen LogP contribution in [0.4, 0.5) is 5.69 Å². The first-order valence-corrected chi connectivity index (χ1v) is 10.6. The van der Waals surface area contributed by atoms with Crippen LogP contribution in [-0.4, -0.2) is 36.2 Å². The lowest BCUT2D eigenvalue weighted by Gasteiger charge is -2.33. The first kappa shape index (κ1) is 18.6. The van der Waals surface area contributed by atoms with E-state index in [1.165, 1.54) is 4.31 Å². The van der Waals surface area contributed by atoms with Crippen molar-refractivity contribution in [3.8, 4) is 0 Å². The minimum atomic E-state index is -3.73. The molecule has 1 aliphatic heterocycles. The Morgan fingerprint density at radius 2 is 1.96 bits per heavy atom. The van der Waals surface area contributed by atoms with E-state index in [4.69, 9.17) is 4.42 Å². The number of hydrogen-bond donors (Lipinski definition) is 1. The lowest BCUT2D eigenvalue weighted by molar-refractivity contribution is -0.120. The van der Waals surface area contributed by atoms with Gasteiger partial charge in [-0.2, -0.15) is 4.31 Å². The molecule has 2 heterocycles. The Bertz CT molecular complexity index is 1110. The van der Waals surface area contributed by atoms with E-state index in [1.54, 1.807) is 55.5 Å². The molecular weight excluding hydrogens is 378 g/mol. The molecule has 28 heavy (non-hydrogen) atoms. The van der Waals surface area contributed by atoms with Gasteiger partial charge in [-0.05, 0) is 43.2 Å². The largest absolute Gasteiger partial charge is 0.441 e. The topological polar surface area (TPSA) is 92.5 Å². The van der Waals surface area contributed by atoms with Crippen LogP contribution in [0.25, 0.3) is 11.1 Å². The molecule has 1 N–H and O–H groups in total. The smallest absolute Gasteiger partial charge is 0.243 e. The van der Waals surface area contributed by atoms with Gasteiger partial charge in [0.2, 0.25) is 15.9 Å². The summed E-state index contributed by atoms with van der Waals surface area (Å²) in [7, 11) is -3.73. The fourth-order valence-corrected chi connectivity index (χ4v) is 5.21. The number of hydrogen-bond acceptors (Lipinski definition) is 5. The van der Waals surface area contributed by atoms with Crippen LogP contribution in [0.15, 0.2) is 57.8 Å². The van der Waals surface area contributed by atoms with Crippen molar-refractivity contribution in [3.63, 3.8) is 0 Å². The summed E-state index contributed by atoms with van der Waals surface area (Å²) < 4.78 is 32.9. The van der Waals surface area contributed by atoms with E-state index >= 15 is 0 Å². The predicted molar refractivity (Wildman–Crippen MR) is 105 cm³/mol. The molecule has 0 aliphatic carbocycles. The summed E-state index contributed by atoms with van der Waals surface area (Å²) in [6.45, 7) is 2.09. The van der Waals surface area contributed by atoms with Gasteiger partial charge < -0.3 is 9.73 Å². The van der Waals surface area contributed by atoms with Crippen molar-refractivity contribution in [2.75, 3.05) is 11.9 Å². The highest BCUT2D eigenvalue weighted by Gasteiger charge is 2.37. The summed E-state index contributed by atoms with van der Waals surface area (Å²) in [6.07, 6.45) is 2.03. The number of fused-ring (bicyclic) bond motifs is 1. The quantitative estimate of drug-likeness (QED) is 0.726. The molecule has 8 heteroatoms. The van der Waals surface area contributed by atoms with Crippen molar-refractivity contribution < 1.29 is 17.6 Å². The maximum atomic E-state index is 13.1. The second kappa shape index (κ2) is 7.37. The molecule has 1 saturated heterocycles. The Labute approximate surface area is 163 Å². The number of nitrogens with zero attached hydrogens (tertiary/aromatic N) is 2. The van der Waals surface area contributed by atoms with Crippen LogP contribution in [-0.2, 0) is 14.8 Å². The van der Waals surface area contributed by atoms with E-state index in [-0.39, 0.29) is 10.8 Å². The van der Waals surface area contributed by atoms with Crippen LogP contribution in [0.1, 0.15) is 25.2 Å². The van der Waals surface area contributed by atoms with E-state index in [1.807, 2.05) is 0 Å². The van der Waals surface area contributed by atoms with Crippen LogP contribution in [0.2, 0.25) is 0 Å². The average Bonchev–Trinajstić information content (AvgIpc) is 3.08. The molecule has 146 valence electrons. The van der Waals surface area contributed by atoms with Gasteiger partial charge >= 0.3 is 0 Å². The van der Waals surface area contributed by atoms with Crippen molar-refractivity contribution in [2.45, 2.75) is 37.1 Å². The number of benzene rings is 2.